The molecule has 2 aromatic heterocycles. The molecule has 2 fully saturated rings. The first-order valence-corrected chi connectivity index (χ1v) is 13.7. The molecule has 2 aliphatic rings. The summed E-state index contributed by atoms with van der Waals surface area (Å²) >= 11 is 5.79. The van der Waals surface area contributed by atoms with Gasteiger partial charge in [0.1, 0.15) is 6.54 Å². The Kier molecular flexibility index (Phi) is 8.36. The zero-order valence-corrected chi connectivity index (χ0v) is 22.9. The van der Waals surface area contributed by atoms with Crippen LogP contribution in [0.1, 0.15) is 41.1 Å². The van der Waals surface area contributed by atoms with Crippen LogP contribution in [-0.2, 0) is 16.1 Å². The Hall–Kier alpha value is -3.27. The molecular formula is C29H36N6O2S. The van der Waals surface area contributed by atoms with Crippen molar-refractivity contribution < 1.29 is 9.53 Å². The lowest BCUT2D eigenvalue weighted by molar-refractivity contribution is -0.116. The third-order valence-corrected chi connectivity index (χ3v) is 7.81. The number of nitrogens with zero attached hydrogens (tertiary/aromatic N) is 4. The average molecular weight is 533 g/mol. The van der Waals surface area contributed by atoms with Crippen molar-refractivity contribution in [2.24, 2.45) is 0 Å². The maximum absolute atomic E-state index is 13.1. The first-order valence-electron chi connectivity index (χ1n) is 13.3. The number of aryl methyl sites for hydroxylation is 1. The molecule has 0 saturated carbocycles. The van der Waals surface area contributed by atoms with Gasteiger partial charge in [0, 0.05) is 49.5 Å². The number of pyridine rings is 1. The molecular weight excluding hydrogens is 496 g/mol. The summed E-state index contributed by atoms with van der Waals surface area (Å²) in [5.41, 5.74) is 5.26. The van der Waals surface area contributed by atoms with Crippen LogP contribution in [0.2, 0.25) is 0 Å². The molecule has 0 unspecified atom stereocenters. The number of para-hydroxylation sites is 1. The highest BCUT2D eigenvalue weighted by molar-refractivity contribution is 7.80. The van der Waals surface area contributed by atoms with Gasteiger partial charge in [0.15, 0.2) is 5.11 Å². The first-order chi connectivity index (χ1) is 18.5. The second-order valence-corrected chi connectivity index (χ2v) is 10.3. The van der Waals surface area contributed by atoms with E-state index in [0.717, 1.165) is 57.2 Å². The molecule has 200 valence electrons. The molecule has 2 aliphatic heterocycles. The Bertz CT molecular complexity index is 1240. The number of hydrogen-bond donors (Lipinski definition) is 2. The monoisotopic (exact) mass is 532 g/mol. The zero-order chi connectivity index (χ0) is 26.5. The van der Waals surface area contributed by atoms with E-state index in [2.05, 4.69) is 45.0 Å². The second-order valence-electron chi connectivity index (χ2n) is 9.95. The lowest BCUT2D eigenvalue weighted by Crippen LogP contribution is -2.37. The van der Waals surface area contributed by atoms with Crippen molar-refractivity contribution in [2.75, 3.05) is 44.7 Å². The van der Waals surface area contributed by atoms with Crippen LogP contribution in [0.5, 0.6) is 0 Å². The van der Waals surface area contributed by atoms with E-state index < -0.39 is 0 Å². The van der Waals surface area contributed by atoms with Gasteiger partial charge >= 0.3 is 0 Å². The zero-order valence-electron chi connectivity index (χ0n) is 22.1. The van der Waals surface area contributed by atoms with Crippen LogP contribution >= 0.6 is 12.2 Å². The van der Waals surface area contributed by atoms with Crippen LogP contribution in [0, 0.1) is 13.8 Å². The number of benzene rings is 1. The molecule has 9 heteroatoms. The molecule has 0 aliphatic carbocycles. The van der Waals surface area contributed by atoms with Gasteiger partial charge in [-0.3, -0.25) is 14.7 Å². The molecule has 8 nitrogen and oxygen atoms in total. The number of morpholine rings is 1. The molecule has 0 radical (unpaired) electrons. The summed E-state index contributed by atoms with van der Waals surface area (Å²) < 4.78 is 7.88. The summed E-state index contributed by atoms with van der Waals surface area (Å²) in [6.45, 7) is 10.2. The lowest BCUT2D eigenvalue weighted by Gasteiger charge is -2.28. The van der Waals surface area contributed by atoms with Crippen LogP contribution < -0.4 is 10.6 Å². The Balaban J connectivity index is 1.39. The number of amides is 1. The van der Waals surface area contributed by atoms with Gasteiger partial charge in [-0.15, -0.1) is 0 Å². The van der Waals surface area contributed by atoms with Crippen molar-refractivity contribution in [2.45, 2.75) is 38.9 Å². The number of hydrogen-bond acceptors (Lipinski definition) is 5. The maximum atomic E-state index is 13.1. The van der Waals surface area contributed by atoms with Crippen molar-refractivity contribution in [3.05, 3.63) is 83.4 Å². The molecule has 5 rings (SSSR count). The topological polar surface area (TPSA) is 74.7 Å². The number of carbonyl (C=O) groups is 1. The summed E-state index contributed by atoms with van der Waals surface area (Å²) in [4.78, 5) is 22.2. The van der Waals surface area contributed by atoms with E-state index in [1.165, 1.54) is 17.0 Å². The summed E-state index contributed by atoms with van der Waals surface area (Å²) in [7, 11) is 0. The molecule has 2 atom stereocenters. The van der Waals surface area contributed by atoms with Gasteiger partial charge in [-0.05, 0) is 68.4 Å². The third-order valence-electron chi connectivity index (χ3n) is 7.46. The van der Waals surface area contributed by atoms with E-state index in [0.29, 0.717) is 5.11 Å². The van der Waals surface area contributed by atoms with Gasteiger partial charge in [-0.1, -0.05) is 24.3 Å². The summed E-state index contributed by atoms with van der Waals surface area (Å²) in [5, 5.41) is 7.03. The number of rotatable bonds is 9. The normalized spacial score (nSPS) is 19.9. The quantitative estimate of drug-likeness (QED) is 0.406. The number of aromatic nitrogens is 2. The Morgan fingerprint density at radius 3 is 2.61 bits per heavy atom. The van der Waals surface area contributed by atoms with Gasteiger partial charge < -0.3 is 24.8 Å². The molecule has 2 saturated heterocycles. The molecule has 1 aromatic carbocycles. The van der Waals surface area contributed by atoms with Crippen LogP contribution in [0.3, 0.4) is 0 Å². The molecule has 2 N–H and O–H groups in total. The minimum absolute atomic E-state index is 0.105. The van der Waals surface area contributed by atoms with Gasteiger partial charge in [-0.25, -0.2) is 0 Å². The van der Waals surface area contributed by atoms with Crippen molar-refractivity contribution in [1.82, 2.24) is 24.7 Å². The van der Waals surface area contributed by atoms with Crippen LogP contribution in [-0.4, -0.2) is 69.8 Å². The Labute approximate surface area is 230 Å². The third kappa shape index (κ3) is 5.90. The Morgan fingerprint density at radius 1 is 1.11 bits per heavy atom. The van der Waals surface area contributed by atoms with Crippen molar-refractivity contribution in [3.63, 3.8) is 0 Å². The number of thiocarbonyl (C=S) groups is 1. The lowest BCUT2D eigenvalue weighted by atomic mass is 9.96. The highest BCUT2D eigenvalue weighted by atomic mass is 32.1. The average Bonchev–Trinajstić information content (AvgIpc) is 3.40. The van der Waals surface area contributed by atoms with Crippen molar-refractivity contribution >= 4 is 28.9 Å². The van der Waals surface area contributed by atoms with E-state index in [4.69, 9.17) is 17.0 Å². The highest BCUT2D eigenvalue weighted by Gasteiger charge is 2.42. The number of ether oxygens (including phenoxy) is 1. The molecule has 4 heterocycles. The van der Waals surface area contributed by atoms with E-state index in [1.807, 2.05) is 53.4 Å². The van der Waals surface area contributed by atoms with Crippen LogP contribution in [0.4, 0.5) is 5.69 Å². The highest BCUT2D eigenvalue weighted by Crippen LogP contribution is 2.40. The van der Waals surface area contributed by atoms with Crippen LogP contribution in [0.25, 0.3) is 0 Å². The molecule has 38 heavy (non-hydrogen) atoms. The maximum Gasteiger partial charge on any atom is 0.244 e. The Morgan fingerprint density at radius 2 is 1.87 bits per heavy atom. The fraction of sp³-hybridized carbons (Fsp3) is 0.414. The summed E-state index contributed by atoms with van der Waals surface area (Å²) in [6.07, 6.45) is 2.88. The minimum atomic E-state index is -0.157. The fourth-order valence-electron chi connectivity index (χ4n) is 5.54. The molecule has 0 spiro atoms. The second kappa shape index (κ2) is 12.1. The molecule has 3 aromatic rings. The number of nitrogens with one attached hydrogen (secondary N) is 2. The summed E-state index contributed by atoms with van der Waals surface area (Å²) in [6, 6.07) is 17.4. The van der Waals surface area contributed by atoms with E-state index in [9.17, 15) is 4.79 Å². The standard InChI is InChI=1S/C29H36N6O2S/c1-21-19-24(22(2)34(21)14-8-13-33-15-17-37-18-16-33)28-27(25-11-6-7-12-30-25)32-29(38)35(28)20-26(36)31-23-9-4-3-5-10-23/h3-7,9-12,19,27-28H,8,13-18,20H2,1-2H3,(H,31,36)(H,32,38)/t27-,28+/m1/s1. The van der Waals surface area contributed by atoms with E-state index >= 15 is 0 Å². The smallest absolute Gasteiger partial charge is 0.244 e. The predicted molar refractivity (Wildman–Crippen MR) is 153 cm³/mol. The number of carbonyl (C=O) groups excluding carboxylic acids is 1. The van der Waals surface area contributed by atoms with Crippen molar-refractivity contribution in [1.29, 1.82) is 0 Å². The minimum Gasteiger partial charge on any atom is -0.379 e. The van der Waals surface area contributed by atoms with Crippen molar-refractivity contribution in [3.8, 4) is 0 Å². The summed E-state index contributed by atoms with van der Waals surface area (Å²) in [5.74, 6) is -0.105. The van der Waals surface area contributed by atoms with E-state index in [-0.39, 0.29) is 24.5 Å². The van der Waals surface area contributed by atoms with Gasteiger partial charge in [0.25, 0.3) is 0 Å². The predicted octanol–water partition coefficient (Wildman–Crippen LogP) is 3.83. The van der Waals surface area contributed by atoms with Gasteiger partial charge in [0.2, 0.25) is 5.91 Å². The SMILES string of the molecule is Cc1cc([C@H]2[C@@H](c3ccccn3)NC(=S)N2CC(=O)Nc2ccccc2)c(C)n1CCCN1CCOCC1. The largest absolute Gasteiger partial charge is 0.379 e. The van der Waals surface area contributed by atoms with E-state index in [1.54, 1.807) is 6.20 Å². The molecule has 1 amide bonds. The molecule has 0 bridgehead atoms. The number of anilines is 1. The fourth-order valence-corrected chi connectivity index (χ4v) is 5.84. The van der Waals surface area contributed by atoms with Gasteiger partial charge in [0.05, 0.1) is 31.0 Å². The van der Waals surface area contributed by atoms with Gasteiger partial charge in [-0.2, -0.15) is 0 Å². The first kappa shape index (κ1) is 26.3. The van der Waals surface area contributed by atoms with Crippen LogP contribution in [0.15, 0.2) is 60.8 Å².